The van der Waals surface area contributed by atoms with Crippen molar-refractivity contribution in [2.75, 3.05) is 22.7 Å². The van der Waals surface area contributed by atoms with Crippen molar-refractivity contribution in [2.24, 2.45) is 0 Å². The van der Waals surface area contributed by atoms with Crippen LogP contribution in [0.15, 0.2) is 71.6 Å². The van der Waals surface area contributed by atoms with Gasteiger partial charge in [-0.1, -0.05) is 29.8 Å². The van der Waals surface area contributed by atoms with Crippen LogP contribution in [-0.2, 0) is 16.6 Å². The highest BCUT2D eigenvalue weighted by molar-refractivity contribution is 7.92. The Bertz CT molecular complexity index is 1260. The van der Waals surface area contributed by atoms with Gasteiger partial charge in [0.2, 0.25) is 0 Å². The highest BCUT2D eigenvalue weighted by Crippen LogP contribution is 2.31. The lowest BCUT2D eigenvalue weighted by Gasteiger charge is -2.36. The Labute approximate surface area is 191 Å². The molecule has 1 N–H and O–H groups in total. The molecule has 0 atom stereocenters. The smallest absolute Gasteiger partial charge is 0.320 e. The van der Waals surface area contributed by atoms with Gasteiger partial charge in [0.15, 0.2) is 0 Å². The number of benzene rings is 3. The average Bonchev–Trinajstić information content (AvgIpc) is 2.75. The number of rotatable bonds is 6. The molecule has 0 spiro atoms. The molecule has 172 valence electrons. The topological polar surface area (TPSA) is 69.7 Å². The van der Waals surface area contributed by atoms with Gasteiger partial charge in [0.05, 0.1) is 16.3 Å². The fraction of sp³-hybridized carbons (Fsp3) is 0.208. The van der Waals surface area contributed by atoms with Crippen molar-refractivity contribution in [2.45, 2.75) is 24.8 Å². The van der Waals surface area contributed by atoms with Crippen LogP contribution in [0.5, 0.6) is 0 Å². The van der Waals surface area contributed by atoms with Crippen LogP contribution in [0, 0.1) is 18.6 Å². The molecule has 6 nitrogen and oxygen atoms in total. The van der Waals surface area contributed by atoms with E-state index in [0.717, 1.165) is 11.6 Å². The van der Waals surface area contributed by atoms with Gasteiger partial charge in [-0.15, -0.1) is 0 Å². The van der Waals surface area contributed by atoms with Crippen LogP contribution in [0.2, 0.25) is 0 Å². The molecule has 9 heteroatoms. The summed E-state index contributed by atoms with van der Waals surface area (Å²) in [6.45, 7) is 2.72. The van der Waals surface area contributed by atoms with Gasteiger partial charge in [-0.25, -0.2) is 22.0 Å². The van der Waals surface area contributed by atoms with Crippen LogP contribution >= 0.6 is 0 Å². The molecule has 1 aliphatic heterocycles. The number of urea groups is 1. The molecule has 0 radical (unpaired) electrons. The fourth-order valence-corrected chi connectivity index (χ4v) is 4.87. The number of aryl methyl sites for hydroxylation is 1. The maximum Gasteiger partial charge on any atom is 0.324 e. The van der Waals surface area contributed by atoms with Crippen molar-refractivity contribution < 1.29 is 22.0 Å². The Morgan fingerprint density at radius 3 is 2.30 bits per heavy atom. The molecule has 33 heavy (non-hydrogen) atoms. The Morgan fingerprint density at radius 2 is 1.61 bits per heavy atom. The van der Waals surface area contributed by atoms with E-state index in [2.05, 4.69) is 4.72 Å². The minimum absolute atomic E-state index is 0.0429. The predicted molar refractivity (Wildman–Crippen MR) is 123 cm³/mol. The summed E-state index contributed by atoms with van der Waals surface area (Å²) < 4.78 is 55.5. The second kappa shape index (κ2) is 9.19. The zero-order valence-corrected chi connectivity index (χ0v) is 18.8. The second-order valence-electron chi connectivity index (χ2n) is 7.92. The molecule has 0 aromatic heterocycles. The number of nitrogens with one attached hydrogen (secondary N) is 1. The van der Waals surface area contributed by atoms with Crippen molar-refractivity contribution in [1.82, 2.24) is 4.90 Å². The predicted octanol–water partition coefficient (Wildman–Crippen LogP) is 4.91. The molecule has 2 amide bonds. The summed E-state index contributed by atoms with van der Waals surface area (Å²) in [4.78, 5) is 16.3. The quantitative estimate of drug-likeness (QED) is 0.556. The van der Waals surface area contributed by atoms with Crippen LogP contribution < -0.4 is 9.62 Å². The Kier molecular flexibility index (Phi) is 6.33. The van der Waals surface area contributed by atoms with E-state index in [4.69, 9.17) is 0 Å². The summed E-state index contributed by atoms with van der Waals surface area (Å²) in [5.41, 5.74) is 1.96. The molecule has 1 heterocycles. The van der Waals surface area contributed by atoms with Gasteiger partial charge >= 0.3 is 6.03 Å². The molecule has 1 aliphatic rings. The zero-order chi connectivity index (χ0) is 23.6. The van der Waals surface area contributed by atoms with Gasteiger partial charge in [0, 0.05) is 25.7 Å². The molecular formula is C24H23F2N3O3S. The van der Waals surface area contributed by atoms with Gasteiger partial charge in [-0.2, -0.15) is 0 Å². The van der Waals surface area contributed by atoms with Crippen LogP contribution in [0.3, 0.4) is 0 Å². The van der Waals surface area contributed by atoms with E-state index in [-0.39, 0.29) is 23.2 Å². The fourth-order valence-electron chi connectivity index (χ4n) is 3.79. The molecule has 0 bridgehead atoms. The summed E-state index contributed by atoms with van der Waals surface area (Å²) in [6.07, 6.45) is 0.614. The standard InChI is InChI=1S/C24H23F2N3O3S/c1-17-7-9-21(10-8-17)33(31,32)27-22-5-2-3-6-23(22)29-12-4-11-28(24(29)30)16-18-13-19(25)15-20(26)14-18/h2-3,5-10,13-15,27H,4,11-12,16H2,1H3. The number of sulfonamides is 1. The lowest BCUT2D eigenvalue weighted by molar-refractivity contribution is 0.192. The largest absolute Gasteiger partial charge is 0.324 e. The first-order valence-electron chi connectivity index (χ1n) is 10.4. The molecule has 4 rings (SSSR count). The average molecular weight is 472 g/mol. The molecule has 3 aromatic rings. The zero-order valence-electron chi connectivity index (χ0n) is 18.0. The van der Waals surface area contributed by atoms with Gasteiger partial charge < -0.3 is 4.90 Å². The Morgan fingerprint density at radius 1 is 0.939 bits per heavy atom. The van der Waals surface area contributed by atoms with Crippen LogP contribution in [-0.4, -0.2) is 32.4 Å². The summed E-state index contributed by atoms with van der Waals surface area (Å²) in [5.74, 6) is -1.41. The number of amides is 2. The van der Waals surface area contributed by atoms with E-state index >= 15 is 0 Å². The highest BCUT2D eigenvalue weighted by Gasteiger charge is 2.29. The van der Waals surface area contributed by atoms with Crippen LogP contribution in [0.25, 0.3) is 0 Å². The molecule has 3 aromatic carbocycles. The number of carbonyl (C=O) groups is 1. The SMILES string of the molecule is Cc1ccc(S(=O)(=O)Nc2ccccc2N2CCCN(Cc3cc(F)cc(F)c3)C2=O)cc1. The Hall–Kier alpha value is -3.46. The van der Waals surface area contributed by atoms with Gasteiger partial charge in [-0.3, -0.25) is 9.62 Å². The van der Waals surface area contributed by atoms with E-state index in [1.54, 1.807) is 36.4 Å². The maximum absolute atomic E-state index is 13.6. The minimum atomic E-state index is -3.87. The first-order chi connectivity index (χ1) is 15.7. The van der Waals surface area contributed by atoms with E-state index in [0.29, 0.717) is 30.8 Å². The monoisotopic (exact) mass is 471 g/mol. The third-order valence-electron chi connectivity index (χ3n) is 5.38. The molecular weight excluding hydrogens is 448 g/mol. The normalized spacial score (nSPS) is 14.5. The third-order valence-corrected chi connectivity index (χ3v) is 6.76. The number of hydrogen-bond donors (Lipinski definition) is 1. The van der Waals surface area contributed by atoms with E-state index in [9.17, 15) is 22.0 Å². The molecule has 0 saturated carbocycles. The van der Waals surface area contributed by atoms with Crippen molar-refractivity contribution >= 4 is 27.4 Å². The van der Waals surface area contributed by atoms with Gasteiger partial charge in [-0.05, 0) is 55.3 Å². The lowest BCUT2D eigenvalue weighted by Crippen LogP contribution is -2.49. The van der Waals surface area contributed by atoms with Crippen LogP contribution in [0.1, 0.15) is 17.5 Å². The molecule has 0 aliphatic carbocycles. The van der Waals surface area contributed by atoms with E-state index in [1.165, 1.54) is 34.1 Å². The molecule has 0 unspecified atom stereocenters. The Balaban J connectivity index is 1.59. The number of anilines is 2. The first kappa shape index (κ1) is 22.7. The third kappa shape index (κ3) is 5.14. The van der Waals surface area contributed by atoms with Crippen molar-refractivity contribution in [1.29, 1.82) is 0 Å². The summed E-state index contributed by atoms with van der Waals surface area (Å²) >= 11 is 0. The highest BCUT2D eigenvalue weighted by atomic mass is 32.2. The van der Waals surface area contributed by atoms with Crippen LogP contribution in [0.4, 0.5) is 25.0 Å². The van der Waals surface area contributed by atoms with Gasteiger partial charge in [0.1, 0.15) is 11.6 Å². The second-order valence-corrected chi connectivity index (χ2v) is 9.61. The summed E-state index contributed by atoms with van der Waals surface area (Å²) in [6, 6.07) is 15.9. The number of hydrogen-bond acceptors (Lipinski definition) is 3. The lowest BCUT2D eigenvalue weighted by atomic mass is 10.1. The molecule has 1 saturated heterocycles. The maximum atomic E-state index is 13.6. The van der Waals surface area contributed by atoms with Crippen molar-refractivity contribution in [3.05, 3.63) is 89.5 Å². The minimum Gasteiger partial charge on any atom is -0.320 e. The van der Waals surface area contributed by atoms with E-state index < -0.39 is 21.7 Å². The number of nitrogens with zero attached hydrogens (tertiary/aromatic N) is 2. The number of carbonyl (C=O) groups excluding carboxylic acids is 1. The van der Waals surface area contributed by atoms with Gasteiger partial charge in [0.25, 0.3) is 10.0 Å². The first-order valence-corrected chi connectivity index (χ1v) is 11.9. The van der Waals surface area contributed by atoms with Crippen molar-refractivity contribution in [3.8, 4) is 0 Å². The van der Waals surface area contributed by atoms with E-state index in [1.807, 2.05) is 6.92 Å². The molecule has 1 fully saturated rings. The van der Waals surface area contributed by atoms with Crippen molar-refractivity contribution in [3.63, 3.8) is 0 Å². The number of halogens is 2. The summed E-state index contributed by atoms with van der Waals surface area (Å²) in [7, 11) is -3.87. The summed E-state index contributed by atoms with van der Waals surface area (Å²) in [5, 5.41) is 0. The number of para-hydroxylation sites is 2.